The van der Waals surface area contributed by atoms with E-state index in [0.29, 0.717) is 83.4 Å². The number of aliphatic hydroxyl groups excluding tert-OH is 3. The van der Waals surface area contributed by atoms with Gasteiger partial charge >= 0.3 is 5.97 Å². The summed E-state index contributed by atoms with van der Waals surface area (Å²) < 4.78 is 53.0. The molecule has 450 valence electrons. The monoisotopic (exact) mass is 1120 g/mol. The van der Waals surface area contributed by atoms with E-state index in [1.54, 1.807) is 40.9 Å². The number of methoxy groups -OCH3 is 2. The van der Waals surface area contributed by atoms with Crippen LogP contribution in [0.3, 0.4) is 0 Å². The molecule has 3 heterocycles. The molecule has 0 radical (unpaired) electrons. The van der Waals surface area contributed by atoms with Gasteiger partial charge in [0.1, 0.15) is 30.1 Å². The molecule has 2 saturated heterocycles. The first-order valence-electron chi connectivity index (χ1n) is 28.9. The average molecular weight is 1120 g/mol. The number of hydrogen-bond donors (Lipinski definition) is 4. The molecular formula is C60H97NO18. The Morgan fingerprint density at radius 1 is 0.747 bits per heavy atom. The van der Waals surface area contributed by atoms with Gasteiger partial charge in [-0.05, 0) is 107 Å². The molecule has 1 amide bonds. The van der Waals surface area contributed by atoms with E-state index in [1.165, 1.54) is 12.0 Å². The van der Waals surface area contributed by atoms with E-state index in [0.717, 1.165) is 12.0 Å². The van der Waals surface area contributed by atoms with Crippen molar-refractivity contribution in [1.29, 1.82) is 0 Å². The number of fused-ring (bicyclic) bond motifs is 3. The third-order valence-electron chi connectivity index (χ3n) is 16.1. The molecule has 19 nitrogen and oxygen atoms in total. The van der Waals surface area contributed by atoms with E-state index in [2.05, 4.69) is 0 Å². The predicted octanol–water partition coefficient (Wildman–Crippen LogP) is 5.61. The van der Waals surface area contributed by atoms with Crippen molar-refractivity contribution >= 4 is 29.2 Å². The Hall–Kier alpha value is -3.57. The molecule has 19 heteroatoms. The number of carbonyl (C=O) groups is 5. The standard InChI is InChI=1S/C60H97NO18/c1-39-15-11-10-12-16-40(2)51(77-32-29-74-26-24-63)37-47-20-18-45(7)60(70,79-47)57(67)58(68)61-22-14-13-17-48(61)59(69)78-52(38-49(64)41(3)34-44(6)55(66)56(72-9)54(65)43(5)33-39)42(4)35-46-19-21-50(53(36-46)71-8)76-31-30-75-28-27-73-25-23-62/h10-12,15-16,34,39,41-43,45-48,50-53,55-56,62-63,66,70H,13-14,17-33,35-38H2,1-9H3/b12-10+,15-11+,40-16+,44-34+/t39-,41-,42-,43-,45-,46+,47+,48+,50-,51-,52+,53-,55-,56+,60-/m1/s1. The van der Waals surface area contributed by atoms with E-state index in [4.69, 9.17) is 47.7 Å². The first-order valence-corrected chi connectivity index (χ1v) is 28.9. The number of ether oxygens (including phenoxy) is 9. The van der Waals surface area contributed by atoms with Crippen LogP contribution in [0, 0.1) is 35.5 Å². The highest BCUT2D eigenvalue weighted by atomic mass is 16.6. The van der Waals surface area contributed by atoms with Gasteiger partial charge in [-0.1, -0.05) is 71.1 Å². The van der Waals surface area contributed by atoms with E-state index in [1.807, 2.05) is 51.2 Å². The van der Waals surface area contributed by atoms with Gasteiger partial charge in [-0.3, -0.25) is 19.2 Å². The van der Waals surface area contributed by atoms with Crippen LogP contribution >= 0.6 is 0 Å². The van der Waals surface area contributed by atoms with Gasteiger partial charge in [-0.2, -0.15) is 0 Å². The number of cyclic esters (lactones) is 1. The van der Waals surface area contributed by atoms with Crippen molar-refractivity contribution in [3.8, 4) is 0 Å². The smallest absolute Gasteiger partial charge is 0.329 e. The highest BCUT2D eigenvalue weighted by Gasteiger charge is 2.53. The number of aliphatic hydroxyl groups is 4. The Morgan fingerprint density at radius 2 is 1.42 bits per heavy atom. The molecular weight excluding hydrogens is 1020 g/mol. The molecule has 0 aromatic carbocycles. The maximum absolute atomic E-state index is 14.7. The average Bonchev–Trinajstić information content (AvgIpc) is 3.44. The molecule has 2 bridgehead atoms. The number of esters is 1. The normalized spacial score (nSPS) is 35.4. The minimum absolute atomic E-state index is 0.0235. The molecule has 15 atom stereocenters. The maximum atomic E-state index is 14.7. The van der Waals surface area contributed by atoms with Crippen LogP contribution in [0.1, 0.15) is 126 Å². The fourth-order valence-corrected chi connectivity index (χ4v) is 11.3. The quantitative estimate of drug-likeness (QED) is 0.0500. The van der Waals surface area contributed by atoms with Crippen LogP contribution in [0.25, 0.3) is 0 Å². The van der Waals surface area contributed by atoms with E-state index in [9.17, 15) is 39.3 Å². The van der Waals surface area contributed by atoms with Gasteiger partial charge in [0.05, 0.1) is 90.5 Å². The number of piperidine rings is 1. The number of carbonyl (C=O) groups excluding carboxylic acids is 5. The van der Waals surface area contributed by atoms with Gasteiger partial charge in [0.25, 0.3) is 11.7 Å². The van der Waals surface area contributed by atoms with Crippen LogP contribution in [0.5, 0.6) is 0 Å². The number of ketones is 3. The zero-order valence-electron chi connectivity index (χ0n) is 48.8. The van der Waals surface area contributed by atoms with Gasteiger partial charge in [0.15, 0.2) is 5.78 Å². The first kappa shape index (κ1) is 67.9. The summed E-state index contributed by atoms with van der Waals surface area (Å²) in [6, 6.07) is -1.18. The SMILES string of the molecule is CO[C@@H]1C[C@H](C[C@@H](C)[C@@H]2CC(=O)[C@H](C)/C=C(\C)[C@@H](O)[C@@H](OC)C(=O)[C@H](C)C[C@H](C)/C=C/C=C/C=C(\C)[C@H](OCCOCCO)C[C@@H]3CC[C@@H](C)[C@@](O)(O3)C(=O)C(=O)N3CCCC[C@H]3C(=O)O2)CC[C@H]1OCCOCCOCCO. The highest BCUT2D eigenvalue weighted by molar-refractivity contribution is 6.39. The van der Waals surface area contributed by atoms with Crippen LogP contribution in [0.4, 0.5) is 0 Å². The van der Waals surface area contributed by atoms with Gasteiger partial charge in [-0.15, -0.1) is 0 Å². The second-order valence-electron chi connectivity index (χ2n) is 22.4. The van der Waals surface area contributed by atoms with Crippen LogP contribution in [-0.4, -0.2) is 196 Å². The zero-order chi connectivity index (χ0) is 58.1. The molecule has 0 spiro atoms. The van der Waals surface area contributed by atoms with Gasteiger partial charge in [0.2, 0.25) is 5.79 Å². The molecule has 79 heavy (non-hydrogen) atoms. The molecule has 4 rings (SSSR count). The number of amides is 1. The Balaban J connectivity index is 1.65. The molecule has 4 N–H and O–H groups in total. The summed E-state index contributed by atoms with van der Waals surface area (Å²) in [5.74, 6) is -8.35. The van der Waals surface area contributed by atoms with Crippen LogP contribution in [-0.2, 0) is 66.6 Å². The zero-order valence-corrected chi connectivity index (χ0v) is 48.8. The minimum Gasteiger partial charge on any atom is -0.460 e. The number of nitrogens with zero attached hydrogens (tertiary/aromatic N) is 1. The molecule has 3 aliphatic heterocycles. The Kier molecular flexibility index (Phi) is 30.5. The largest absolute Gasteiger partial charge is 0.460 e. The summed E-state index contributed by atoms with van der Waals surface area (Å²) in [6.07, 6.45) is 11.2. The summed E-state index contributed by atoms with van der Waals surface area (Å²) in [5, 5.41) is 41.9. The van der Waals surface area contributed by atoms with Crippen molar-refractivity contribution in [2.75, 3.05) is 86.8 Å². The molecule has 1 saturated carbocycles. The van der Waals surface area contributed by atoms with Crippen LogP contribution in [0.15, 0.2) is 47.6 Å². The maximum Gasteiger partial charge on any atom is 0.329 e. The summed E-state index contributed by atoms with van der Waals surface area (Å²) >= 11 is 0. The van der Waals surface area contributed by atoms with Crippen molar-refractivity contribution in [2.45, 2.75) is 180 Å². The number of hydrogen-bond acceptors (Lipinski definition) is 18. The van der Waals surface area contributed by atoms with Crippen molar-refractivity contribution in [1.82, 2.24) is 4.90 Å². The number of Topliss-reactive ketones (excluding diaryl/α,β-unsaturated/α-hetero) is 3. The Bertz CT molecular complexity index is 2010. The minimum atomic E-state index is -2.50. The number of allylic oxidation sites excluding steroid dienone is 6. The second kappa shape index (κ2) is 35.4. The second-order valence-corrected chi connectivity index (χ2v) is 22.4. The summed E-state index contributed by atoms with van der Waals surface area (Å²) in [5.41, 5.74) is 1.19. The van der Waals surface area contributed by atoms with E-state index < -0.39 is 77.8 Å². The Morgan fingerprint density at radius 3 is 2.09 bits per heavy atom. The summed E-state index contributed by atoms with van der Waals surface area (Å²) in [4.78, 5) is 73.1. The predicted molar refractivity (Wildman–Crippen MR) is 294 cm³/mol. The van der Waals surface area contributed by atoms with Crippen molar-refractivity contribution < 1.29 is 87.0 Å². The molecule has 0 aromatic heterocycles. The third-order valence-corrected chi connectivity index (χ3v) is 16.1. The molecule has 4 aliphatic rings. The lowest BCUT2D eigenvalue weighted by molar-refractivity contribution is -0.266. The van der Waals surface area contributed by atoms with Crippen LogP contribution in [0.2, 0.25) is 0 Å². The van der Waals surface area contributed by atoms with E-state index >= 15 is 0 Å². The summed E-state index contributed by atoms with van der Waals surface area (Å²) in [6.45, 7) is 14.8. The van der Waals surface area contributed by atoms with Crippen molar-refractivity contribution in [3.05, 3.63) is 47.6 Å². The van der Waals surface area contributed by atoms with Crippen LogP contribution < -0.4 is 0 Å². The summed E-state index contributed by atoms with van der Waals surface area (Å²) in [7, 11) is 3.02. The fraction of sp³-hybridized carbons (Fsp3) is 0.783. The lowest BCUT2D eigenvalue weighted by Gasteiger charge is -2.43. The van der Waals surface area contributed by atoms with E-state index in [-0.39, 0.29) is 107 Å². The molecule has 1 aliphatic carbocycles. The molecule has 3 fully saturated rings. The number of rotatable bonds is 20. The van der Waals surface area contributed by atoms with Gasteiger partial charge in [-0.25, -0.2) is 4.79 Å². The molecule has 0 unspecified atom stereocenters. The lowest BCUT2D eigenvalue weighted by atomic mass is 9.78. The van der Waals surface area contributed by atoms with Gasteiger partial charge in [0, 0.05) is 51.4 Å². The van der Waals surface area contributed by atoms with Gasteiger partial charge < -0.3 is 68.0 Å². The molecule has 0 aromatic rings. The third kappa shape index (κ3) is 21.3. The topological polar surface area (TPSA) is 253 Å². The first-order chi connectivity index (χ1) is 37.8. The highest BCUT2D eigenvalue weighted by Crippen LogP contribution is 2.38. The van der Waals surface area contributed by atoms with Crippen molar-refractivity contribution in [2.24, 2.45) is 35.5 Å². The lowest BCUT2D eigenvalue weighted by Crippen LogP contribution is -2.61. The Labute approximate surface area is 469 Å². The fourth-order valence-electron chi connectivity index (χ4n) is 11.3. The van der Waals surface area contributed by atoms with Crippen molar-refractivity contribution in [3.63, 3.8) is 0 Å².